The third-order valence-corrected chi connectivity index (χ3v) is 5.14. The second-order valence-electron chi connectivity index (χ2n) is 6.89. The van der Waals surface area contributed by atoms with Crippen molar-refractivity contribution < 1.29 is 0 Å². The predicted molar refractivity (Wildman–Crippen MR) is 99.9 cm³/mol. The van der Waals surface area contributed by atoms with Crippen LogP contribution in [0.15, 0.2) is 33.8 Å². The summed E-state index contributed by atoms with van der Waals surface area (Å²) in [6.45, 7) is 11.2. The highest BCUT2D eigenvalue weighted by Gasteiger charge is 2.31. The van der Waals surface area contributed by atoms with Crippen molar-refractivity contribution in [1.29, 1.82) is 0 Å². The minimum Gasteiger partial charge on any atom is -0.357 e. The van der Waals surface area contributed by atoms with Gasteiger partial charge in [0.05, 0.1) is 24.0 Å². The highest BCUT2D eigenvalue weighted by Crippen LogP contribution is 2.36. The first kappa shape index (κ1) is 15.4. The smallest absolute Gasteiger partial charge is 0.114 e. The van der Waals surface area contributed by atoms with Crippen molar-refractivity contribution in [3.63, 3.8) is 0 Å². The lowest BCUT2D eigenvalue weighted by molar-refractivity contribution is 0.345. The maximum Gasteiger partial charge on any atom is 0.114 e. The Balaban J connectivity index is 1.90. The number of hydrogen-bond donors (Lipinski definition) is 2. The third kappa shape index (κ3) is 2.63. The van der Waals surface area contributed by atoms with Crippen LogP contribution in [-0.4, -0.2) is 49.3 Å². The topological polar surface area (TPSA) is 52.0 Å². The molecular weight excluding hydrogens is 298 g/mol. The molecule has 1 unspecified atom stereocenters. The second-order valence-corrected chi connectivity index (χ2v) is 6.89. The molecule has 1 aromatic carbocycles. The molecule has 1 aromatic rings. The zero-order valence-corrected chi connectivity index (χ0v) is 14.7. The summed E-state index contributed by atoms with van der Waals surface area (Å²) in [6.07, 6.45) is 0. The van der Waals surface area contributed by atoms with E-state index in [1.54, 1.807) is 0 Å². The highest BCUT2D eigenvalue weighted by molar-refractivity contribution is 6.00. The number of nitrogens with one attached hydrogen (secondary N) is 2. The molecule has 3 aliphatic heterocycles. The molecule has 1 atom stereocenters. The Morgan fingerprint density at radius 3 is 2.71 bits per heavy atom. The third-order valence-electron chi connectivity index (χ3n) is 5.14. The molecule has 3 heterocycles. The van der Waals surface area contributed by atoms with Gasteiger partial charge in [-0.3, -0.25) is 4.99 Å². The van der Waals surface area contributed by atoms with Gasteiger partial charge in [0.25, 0.3) is 0 Å². The number of piperazine rings is 1. The monoisotopic (exact) mass is 323 g/mol. The van der Waals surface area contributed by atoms with Crippen molar-refractivity contribution in [2.45, 2.75) is 20.8 Å². The van der Waals surface area contributed by atoms with Gasteiger partial charge in [-0.05, 0) is 38.5 Å². The SMILES string of the molecule is CC1=NCC2C(N3CCNCC3)=Nc3ccc(C)cc3C(=C2C)N1. The number of benzene rings is 1. The molecule has 0 amide bonds. The summed E-state index contributed by atoms with van der Waals surface area (Å²) < 4.78 is 0. The van der Waals surface area contributed by atoms with Gasteiger partial charge in [-0.15, -0.1) is 0 Å². The fraction of sp³-hybridized carbons (Fsp3) is 0.474. The van der Waals surface area contributed by atoms with Crippen LogP contribution in [-0.2, 0) is 0 Å². The molecule has 5 heteroatoms. The highest BCUT2D eigenvalue weighted by atomic mass is 15.2. The van der Waals surface area contributed by atoms with Crippen molar-refractivity contribution in [3.05, 3.63) is 34.9 Å². The summed E-state index contributed by atoms with van der Waals surface area (Å²) in [7, 11) is 0. The van der Waals surface area contributed by atoms with Crippen LogP contribution >= 0.6 is 0 Å². The Bertz CT molecular complexity index is 753. The Morgan fingerprint density at radius 1 is 1.12 bits per heavy atom. The fourth-order valence-electron chi connectivity index (χ4n) is 3.75. The molecule has 5 nitrogen and oxygen atoms in total. The number of fused-ring (bicyclic) bond motifs is 3. The number of aryl methyl sites for hydroxylation is 1. The van der Waals surface area contributed by atoms with E-state index in [4.69, 9.17) is 9.98 Å². The number of hydrogen-bond acceptors (Lipinski definition) is 5. The van der Waals surface area contributed by atoms with E-state index in [0.717, 1.165) is 44.2 Å². The van der Waals surface area contributed by atoms with Crippen molar-refractivity contribution in [2.75, 3.05) is 32.7 Å². The Morgan fingerprint density at radius 2 is 1.92 bits per heavy atom. The van der Waals surface area contributed by atoms with Crippen molar-refractivity contribution in [3.8, 4) is 0 Å². The van der Waals surface area contributed by atoms with E-state index in [0.29, 0.717) is 0 Å². The molecule has 0 radical (unpaired) electrons. The predicted octanol–water partition coefficient (Wildman–Crippen LogP) is 2.31. The number of amidine groups is 2. The summed E-state index contributed by atoms with van der Waals surface area (Å²) in [5, 5.41) is 6.97. The van der Waals surface area contributed by atoms with Gasteiger partial charge in [0.15, 0.2) is 0 Å². The van der Waals surface area contributed by atoms with Gasteiger partial charge in [0.2, 0.25) is 0 Å². The van der Waals surface area contributed by atoms with Crippen LogP contribution in [0.1, 0.15) is 25.0 Å². The van der Waals surface area contributed by atoms with E-state index in [9.17, 15) is 0 Å². The van der Waals surface area contributed by atoms with Gasteiger partial charge in [0, 0.05) is 37.4 Å². The van der Waals surface area contributed by atoms with Crippen molar-refractivity contribution in [1.82, 2.24) is 15.5 Å². The van der Waals surface area contributed by atoms with E-state index >= 15 is 0 Å². The van der Waals surface area contributed by atoms with Gasteiger partial charge in [0.1, 0.15) is 5.84 Å². The molecule has 1 fully saturated rings. The summed E-state index contributed by atoms with van der Waals surface area (Å²) in [5.41, 5.74) is 6.04. The molecule has 1 saturated heterocycles. The molecule has 2 bridgehead atoms. The van der Waals surface area contributed by atoms with E-state index in [1.807, 2.05) is 6.92 Å². The Labute approximate surface area is 143 Å². The van der Waals surface area contributed by atoms with E-state index in [2.05, 4.69) is 47.6 Å². The zero-order chi connectivity index (χ0) is 16.7. The minimum atomic E-state index is 0.246. The molecule has 3 aliphatic rings. The molecule has 126 valence electrons. The second kappa shape index (κ2) is 6.06. The number of rotatable bonds is 0. The normalized spacial score (nSPS) is 23.6. The van der Waals surface area contributed by atoms with Crippen LogP contribution in [0.4, 0.5) is 5.69 Å². The standard InChI is InChI=1S/C19H25N5/c1-12-4-5-17-15(10-12)18-13(2)16(11-21-14(3)22-18)19(23-17)24-8-6-20-7-9-24/h4-5,10,16,20H,6-9,11H2,1-3H3,(H,21,22). The fourth-order valence-corrected chi connectivity index (χ4v) is 3.75. The lowest BCUT2D eigenvalue weighted by Crippen LogP contribution is -2.49. The van der Waals surface area contributed by atoms with E-state index in [1.165, 1.54) is 28.2 Å². The van der Waals surface area contributed by atoms with Crippen LogP contribution in [0.3, 0.4) is 0 Å². The molecule has 4 rings (SSSR count). The van der Waals surface area contributed by atoms with Gasteiger partial charge in [-0.25, -0.2) is 4.99 Å². The van der Waals surface area contributed by atoms with Gasteiger partial charge in [-0.1, -0.05) is 11.6 Å². The summed E-state index contributed by atoms with van der Waals surface area (Å²) in [6, 6.07) is 6.54. The largest absolute Gasteiger partial charge is 0.357 e. The van der Waals surface area contributed by atoms with Crippen LogP contribution in [0.25, 0.3) is 5.70 Å². The molecule has 0 saturated carbocycles. The Kier molecular flexibility index (Phi) is 3.88. The van der Waals surface area contributed by atoms with Crippen LogP contribution in [0, 0.1) is 12.8 Å². The van der Waals surface area contributed by atoms with Crippen LogP contribution in [0.2, 0.25) is 0 Å². The zero-order valence-electron chi connectivity index (χ0n) is 14.7. The maximum atomic E-state index is 5.13. The maximum absolute atomic E-state index is 5.13. The van der Waals surface area contributed by atoms with Crippen LogP contribution in [0.5, 0.6) is 0 Å². The number of nitrogens with zero attached hydrogens (tertiary/aromatic N) is 3. The van der Waals surface area contributed by atoms with Gasteiger partial charge < -0.3 is 15.5 Å². The average molecular weight is 323 g/mol. The Hall–Kier alpha value is -2.14. The van der Waals surface area contributed by atoms with E-state index < -0.39 is 0 Å². The molecule has 0 aliphatic carbocycles. The van der Waals surface area contributed by atoms with Crippen molar-refractivity contribution >= 4 is 23.1 Å². The summed E-state index contributed by atoms with van der Waals surface area (Å²) >= 11 is 0. The lowest BCUT2D eigenvalue weighted by Gasteiger charge is -2.33. The average Bonchev–Trinajstić information content (AvgIpc) is 2.80. The first-order valence-electron chi connectivity index (χ1n) is 8.77. The molecule has 0 aromatic heterocycles. The first-order valence-corrected chi connectivity index (χ1v) is 8.77. The minimum absolute atomic E-state index is 0.246. The van der Waals surface area contributed by atoms with Crippen molar-refractivity contribution in [2.24, 2.45) is 15.9 Å². The van der Waals surface area contributed by atoms with E-state index in [-0.39, 0.29) is 5.92 Å². The quantitative estimate of drug-likeness (QED) is 0.770. The molecule has 2 N–H and O–H groups in total. The number of aliphatic imine (C=N–C) groups is 2. The molecule has 0 spiro atoms. The molecule has 24 heavy (non-hydrogen) atoms. The van der Waals surface area contributed by atoms with Gasteiger partial charge >= 0.3 is 0 Å². The lowest BCUT2D eigenvalue weighted by atomic mass is 9.94. The van der Waals surface area contributed by atoms with Crippen LogP contribution < -0.4 is 10.6 Å². The molecular formula is C19H25N5. The summed E-state index contributed by atoms with van der Waals surface area (Å²) in [4.78, 5) is 12.3. The van der Waals surface area contributed by atoms with Gasteiger partial charge in [-0.2, -0.15) is 0 Å². The first-order chi connectivity index (χ1) is 11.6. The summed E-state index contributed by atoms with van der Waals surface area (Å²) in [5.74, 6) is 2.41.